The molecule has 0 radical (unpaired) electrons. The molecule has 0 fully saturated rings. The van der Waals surface area contributed by atoms with E-state index in [0.29, 0.717) is 11.1 Å². The molecule has 0 spiro atoms. The number of H-pyrrole nitrogens is 1. The van der Waals surface area contributed by atoms with Gasteiger partial charge in [-0.3, -0.25) is 14.7 Å². The number of aromatic nitrogens is 3. The molecule has 29 heavy (non-hydrogen) atoms. The standard InChI is InChI=1S/C19H16F3N5O2/c1-3-13(5-4-12(2)8-23)15-10-26-27(18(15)29)16-7-6-14(9-24-16)17(28)25-11-19(20,21)22/h3-7,9-10,26H,2,11H2,1H3,(H,25,28)/b5-4-,13-3+. The molecule has 0 atom stereocenters. The summed E-state index contributed by atoms with van der Waals surface area (Å²) in [5.74, 6) is -0.783. The highest BCUT2D eigenvalue weighted by Crippen LogP contribution is 2.14. The van der Waals surface area contributed by atoms with Crippen LogP contribution < -0.4 is 10.9 Å². The molecule has 2 aromatic heterocycles. The first-order chi connectivity index (χ1) is 13.7. The first-order valence-electron chi connectivity index (χ1n) is 8.22. The number of halogens is 3. The van der Waals surface area contributed by atoms with Gasteiger partial charge in [-0.25, -0.2) is 9.67 Å². The van der Waals surface area contributed by atoms with E-state index in [9.17, 15) is 22.8 Å². The van der Waals surface area contributed by atoms with Crippen molar-refractivity contribution < 1.29 is 18.0 Å². The molecule has 0 aliphatic carbocycles. The van der Waals surface area contributed by atoms with Crippen LogP contribution in [-0.4, -0.2) is 33.4 Å². The lowest BCUT2D eigenvalue weighted by Gasteiger charge is -2.08. The van der Waals surface area contributed by atoms with Gasteiger partial charge in [-0.05, 0) is 30.7 Å². The number of pyridine rings is 1. The Labute approximate surface area is 163 Å². The lowest BCUT2D eigenvalue weighted by Crippen LogP contribution is -2.33. The van der Waals surface area contributed by atoms with E-state index in [-0.39, 0.29) is 17.0 Å². The van der Waals surface area contributed by atoms with Crippen molar-refractivity contribution in [2.45, 2.75) is 13.1 Å². The summed E-state index contributed by atoms with van der Waals surface area (Å²) in [6.45, 7) is 3.79. The third-order valence-corrected chi connectivity index (χ3v) is 3.69. The summed E-state index contributed by atoms with van der Waals surface area (Å²) in [4.78, 5) is 28.3. The number of allylic oxidation sites excluding steroid dienone is 5. The summed E-state index contributed by atoms with van der Waals surface area (Å²) in [7, 11) is 0. The van der Waals surface area contributed by atoms with Crippen molar-refractivity contribution in [2.24, 2.45) is 0 Å². The smallest absolute Gasteiger partial charge is 0.343 e. The van der Waals surface area contributed by atoms with Gasteiger partial charge in [-0.1, -0.05) is 18.7 Å². The lowest BCUT2D eigenvalue weighted by atomic mass is 10.1. The van der Waals surface area contributed by atoms with Gasteiger partial charge in [0.1, 0.15) is 6.54 Å². The number of carbonyl (C=O) groups excluding carboxylic acids is 1. The average Bonchev–Trinajstić information content (AvgIpc) is 3.07. The molecule has 0 aliphatic rings. The molecular weight excluding hydrogens is 387 g/mol. The van der Waals surface area contributed by atoms with Gasteiger partial charge in [-0.15, -0.1) is 0 Å². The quantitative estimate of drug-likeness (QED) is 0.572. The fourth-order valence-electron chi connectivity index (χ4n) is 2.25. The number of aromatic amines is 1. The topological polar surface area (TPSA) is 104 Å². The highest BCUT2D eigenvalue weighted by atomic mass is 19.4. The van der Waals surface area contributed by atoms with Crippen molar-refractivity contribution in [3.05, 3.63) is 76.4 Å². The van der Waals surface area contributed by atoms with E-state index >= 15 is 0 Å². The molecule has 10 heteroatoms. The molecule has 150 valence electrons. The molecule has 0 aliphatic heterocycles. The van der Waals surface area contributed by atoms with Gasteiger partial charge in [0.2, 0.25) is 0 Å². The molecule has 2 rings (SSSR count). The maximum absolute atomic E-state index is 12.6. The second-order valence-corrected chi connectivity index (χ2v) is 5.74. The molecule has 7 nitrogen and oxygen atoms in total. The summed E-state index contributed by atoms with van der Waals surface area (Å²) in [6, 6.07) is 4.45. The molecule has 0 aromatic carbocycles. The lowest BCUT2D eigenvalue weighted by molar-refractivity contribution is -0.123. The van der Waals surface area contributed by atoms with Crippen LogP contribution in [0.1, 0.15) is 22.8 Å². The number of nitrogens with zero attached hydrogens (tertiary/aromatic N) is 3. The molecule has 0 unspecified atom stereocenters. The molecule has 0 saturated carbocycles. The predicted molar refractivity (Wildman–Crippen MR) is 100 cm³/mol. The number of amides is 1. The molecule has 0 saturated heterocycles. The zero-order valence-electron chi connectivity index (χ0n) is 15.2. The Morgan fingerprint density at radius 1 is 1.41 bits per heavy atom. The third kappa shape index (κ3) is 5.55. The highest BCUT2D eigenvalue weighted by Gasteiger charge is 2.28. The minimum atomic E-state index is -4.52. The van der Waals surface area contributed by atoms with Crippen LogP contribution in [0, 0.1) is 11.3 Å². The highest BCUT2D eigenvalue weighted by molar-refractivity contribution is 5.93. The van der Waals surface area contributed by atoms with Gasteiger partial charge in [0.25, 0.3) is 11.5 Å². The molecule has 1 amide bonds. The number of nitriles is 1. The van der Waals surface area contributed by atoms with Crippen molar-refractivity contribution in [1.82, 2.24) is 20.1 Å². The molecule has 2 heterocycles. The van der Waals surface area contributed by atoms with Crippen LogP contribution in [0.5, 0.6) is 0 Å². The monoisotopic (exact) mass is 403 g/mol. The Hall–Kier alpha value is -3.87. The normalized spacial score (nSPS) is 12.0. The van der Waals surface area contributed by atoms with Crippen LogP contribution in [0.25, 0.3) is 11.4 Å². The van der Waals surface area contributed by atoms with Gasteiger partial charge in [0, 0.05) is 18.0 Å². The van der Waals surface area contributed by atoms with Gasteiger partial charge in [-0.2, -0.15) is 18.4 Å². The van der Waals surface area contributed by atoms with E-state index in [1.54, 1.807) is 24.4 Å². The summed E-state index contributed by atoms with van der Waals surface area (Å²) >= 11 is 0. The summed E-state index contributed by atoms with van der Waals surface area (Å²) in [6.07, 6.45) is 2.72. The molecule has 0 bridgehead atoms. The number of rotatable bonds is 6. The third-order valence-electron chi connectivity index (χ3n) is 3.69. The van der Waals surface area contributed by atoms with Crippen molar-refractivity contribution in [3.8, 4) is 11.9 Å². The van der Waals surface area contributed by atoms with E-state index < -0.39 is 24.2 Å². The van der Waals surface area contributed by atoms with E-state index in [4.69, 9.17) is 5.26 Å². The van der Waals surface area contributed by atoms with Crippen molar-refractivity contribution in [1.29, 1.82) is 5.26 Å². The van der Waals surface area contributed by atoms with Crippen LogP contribution in [0.3, 0.4) is 0 Å². The fraction of sp³-hybridized carbons (Fsp3) is 0.158. The van der Waals surface area contributed by atoms with E-state index in [1.165, 1.54) is 24.4 Å². The summed E-state index contributed by atoms with van der Waals surface area (Å²) in [5.41, 5.74) is 0.561. The first-order valence-corrected chi connectivity index (χ1v) is 8.22. The minimum absolute atomic E-state index is 0.0788. The maximum Gasteiger partial charge on any atom is 0.405 e. The number of nitrogens with one attached hydrogen (secondary N) is 2. The number of alkyl halides is 3. The van der Waals surface area contributed by atoms with Crippen molar-refractivity contribution in [3.63, 3.8) is 0 Å². The van der Waals surface area contributed by atoms with Gasteiger partial charge < -0.3 is 5.32 Å². The summed E-state index contributed by atoms with van der Waals surface area (Å²) in [5, 5.41) is 13.2. The van der Waals surface area contributed by atoms with Crippen LogP contribution >= 0.6 is 0 Å². The second-order valence-electron chi connectivity index (χ2n) is 5.74. The number of hydrogen-bond donors (Lipinski definition) is 2. The van der Waals surface area contributed by atoms with Crippen LogP contribution in [0.2, 0.25) is 0 Å². The zero-order chi connectivity index (χ0) is 21.6. The number of carbonyl (C=O) groups is 1. The Bertz CT molecular complexity index is 1070. The van der Waals surface area contributed by atoms with Crippen LogP contribution in [-0.2, 0) is 0 Å². The van der Waals surface area contributed by atoms with Crippen molar-refractivity contribution >= 4 is 11.5 Å². The largest absolute Gasteiger partial charge is 0.405 e. The molecular formula is C19H16F3N5O2. The SMILES string of the molecule is C=C(C#N)/C=C\C(=C/C)c1c[nH]n(-c2ccc(C(=O)NCC(F)(F)F)cn2)c1=O. The van der Waals surface area contributed by atoms with E-state index in [2.05, 4.69) is 16.7 Å². The minimum Gasteiger partial charge on any atom is -0.343 e. The average molecular weight is 403 g/mol. The molecule has 2 aromatic rings. The first kappa shape index (κ1) is 21.4. The Balaban J connectivity index is 2.23. The molecule has 2 N–H and O–H groups in total. The van der Waals surface area contributed by atoms with Gasteiger partial charge in [0.05, 0.1) is 17.2 Å². The predicted octanol–water partition coefficient (Wildman–Crippen LogP) is 2.89. The van der Waals surface area contributed by atoms with Gasteiger partial charge >= 0.3 is 6.18 Å². The fourth-order valence-corrected chi connectivity index (χ4v) is 2.25. The number of hydrogen-bond acceptors (Lipinski definition) is 4. The second kappa shape index (κ2) is 8.88. The van der Waals surface area contributed by atoms with Gasteiger partial charge in [0.15, 0.2) is 5.82 Å². The zero-order valence-corrected chi connectivity index (χ0v) is 15.2. The summed E-state index contributed by atoms with van der Waals surface area (Å²) < 4.78 is 37.6. The van der Waals surface area contributed by atoms with Crippen molar-refractivity contribution in [2.75, 3.05) is 6.54 Å². The maximum atomic E-state index is 12.6. The van der Waals surface area contributed by atoms with E-state index in [0.717, 1.165) is 10.9 Å². The Morgan fingerprint density at radius 2 is 2.14 bits per heavy atom. The van der Waals surface area contributed by atoms with Crippen LogP contribution in [0.15, 0.2) is 59.7 Å². The van der Waals surface area contributed by atoms with Crippen LogP contribution in [0.4, 0.5) is 13.2 Å². The van der Waals surface area contributed by atoms with E-state index in [1.807, 2.05) is 6.07 Å². The Morgan fingerprint density at radius 3 is 2.69 bits per heavy atom. The Kier molecular flexibility index (Phi) is 6.56.